The number of hydrogen-bond acceptors (Lipinski definition) is 4. The molecule has 3 aromatic rings. The van der Waals surface area contributed by atoms with E-state index in [4.69, 9.17) is 62.7 Å². The second-order valence-corrected chi connectivity index (χ2v) is 10.8. The molecule has 0 N–H and O–H groups in total. The van der Waals surface area contributed by atoms with Crippen molar-refractivity contribution in [2.75, 3.05) is 12.0 Å². The summed E-state index contributed by atoms with van der Waals surface area (Å²) in [5.41, 5.74) is 0.761. The molecule has 0 radical (unpaired) electrons. The Morgan fingerprint density at radius 3 is 1.92 bits per heavy atom. The molecule has 3 amide bonds. The molecule has 1 saturated heterocycles. The molecule has 5 rings (SSSR count). The van der Waals surface area contributed by atoms with Crippen molar-refractivity contribution in [1.82, 2.24) is 4.90 Å². The van der Waals surface area contributed by atoms with Crippen molar-refractivity contribution in [2.45, 2.75) is 12.1 Å². The van der Waals surface area contributed by atoms with E-state index in [0.29, 0.717) is 22.0 Å². The van der Waals surface area contributed by atoms with Crippen LogP contribution in [0.25, 0.3) is 0 Å². The number of benzene rings is 3. The maximum Gasteiger partial charge on any atom is 0.264 e. The number of ether oxygens (including phenoxy) is 1. The summed E-state index contributed by atoms with van der Waals surface area (Å²) in [7, 11) is 1.48. The van der Waals surface area contributed by atoms with Crippen LogP contribution >= 0.6 is 73.9 Å². The average Bonchev–Trinajstić information content (AvgIpc) is 3.10. The van der Waals surface area contributed by atoms with Gasteiger partial charge >= 0.3 is 0 Å². The summed E-state index contributed by atoms with van der Waals surface area (Å²) in [5.74, 6) is -1.64. The van der Waals surface area contributed by atoms with E-state index in [1.807, 2.05) is 6.07 Å². The predicted octanol–water partition coefficient (Wildman–Crippen LogP) is 7.48. The van der Waals surface area contributed by atoms with Crippen LogP contribution in [0.2, 0.25) is 25.1 Å². The predicted molar refractivity (Wildman–Crippen MR) is 143 cm³/mol. The molecule has 184 valence electrons. The molecule has 0 aromatic heterocycles. The van der Waals surface area contributed by atoms with Gasteiger partial charge in [0.25, 0.3) is 17.7 Å². The van der Waals surface area contributed by atoms with Gasteiger partial charge < -0.3 is 9.64 Å². The highest BCUT2D eigenvalue weighted by molar-refractivity contribution is 9.10. The minimum Gasteiger partial charge on any atom is -0.495 e. The maximum absolute atomic E-state index is 13.6. The summed E-state index contributed by atoms with van der Waals surface area (Å²) in [4.78, 5) is 42.9. The number of β-lactam (4-membered cyclic amide) rings is 1. The van der Waals surface area contributed by atoms with Gasteiger partial charge in [0, 0.05) is 10.2 Å². The fraction of sp³-hybridized carbons (Fsp3) is 0.125. The molecule has 0 spiro atoms. The SMILES string of the molecule is COc1ccc(N2C(=O)[C@@H](N3C(=O)c4c(Cl)c(Cl)c(Cl)c(Cl)c4C3=O)[C@@H]2c2cccc(Br)c2)cc1Cl. The van der Waals surface area contributed by atoms with E-state index in [1.54, 1.807) is 36.4 Å². The highest BCUT2D eigenvalue weighted by Gasteiger charge is 2.58. The lowest BCUT2D eigenvalue weighted by atomic mass is 9.86. The minimum absolute atomic E-state index is 0.150. The number of rotatable bonds is 4. The fourth-order valence-corrected chi connectivity index (χ4v) is 6.14. The van der Waals surface area contributed by atoms with Crippen molar-refractivity contribution in [3.05, 3.63) is 88.7 Å². The van der Waals surface area contributed by atoms with Crippen molar-refractivity contribution in [1.29, 1.82) is 0 Å². The van der Waals surface area contributed by atoms with Gasteiger partial charge in [0.2, 0.25) is 0 Å². The first-order valence-corrected chi connectivity index (χ1v) is 12.9. The first-order valence-electron chi connectivity index (χ1n) is 10.2. The molecular formula is C24H12BrCl5N2O4. The number of imide groups is 1. The number of carbonyl (C=O) groups excluding carboxylic acids is 3. The van der Waals surface area contributed by atoms with Crippen molar-refractivity contribution < 1.29 is 19.1 Å². The molecule has 1 fully saturated rings. The number of anilines is 1. The first-order chi connectivity index (χ1) is 17.1. The Labute approximate surface area is 238 Å². The zero-order valence-electron chi connectivity index (χ0n) is 18.0. The van der Waals surface area contributed by atoms with Crippen LogP contribution in [0.4, 0.5) is 5.69 Å². The molecule has 2 aliphatic heterocycles. The quantitative estimate of drug-likeness (QED) is 0.127. The zero-order valence-corrected chi connectivity index (χ0v) is 23.4. The second-order valence-electron chi connectivity index (χ2n) is 7.96. The third kappa shape index (κ3) is 3.71. The van der Waals surface area contributed by atoms with Crippen molar-refractivity contribution >= 4 is 97.3 Å². The topological polar surface area (TPSA) is 66.9 Å². The summed E-state index contributed by atoms with van der Waals surface area (Å²) in [5, 5.41) is -0.410. The lowest BCUT2D eigenvalue weighted by Gasteiger charge is -2.49. The molecule has 12 heteroatoms. The smallest absolute Gasteiger partial charge is 0.264 e. The van der Waals surface area contributed by atoms with E-state index in [9.17, 15) is 14.4 Å². The summed E-state index contributed by atoms with van der Waals surface area (Å²) >= 11 is 34.6. The molecule has 0 aliphatic carbocycles. The fourth-order valence-electron chi connectivity index (χ4n) is 4.46. The van der Waals surface area contributed by atoms with E-state index < -0.39 is 29.8 Å². The third-order valence-corrected chi connectivity index (χ3v) is 8.67. The van der Waals surface area contributed by atoms with Gasteiger partial charge in [-0.15, -0.1) is 0 Å². The van der Waals surface area contributed by atoms with Crippen LogP contribution in [0.3, 0.4) is 0 Å². The maximum atomic E-state index is 13.6. The third-order valence-electron chi connectivity index (χ3n) is 6.08. The first kappa shape index (κ1) is 25.6. The Kier molecular flexibility index (Phi) is 6.69. The number of methoxy groups -OCH3 is 1. The number of fused-ring (bicyclic) bond motifs is 1. The van der Waals surface area contributed by atoms with Crippen LogP contribution in [0.5, 0.6) is 5.75 Å². The van der Waals surface area contributed by atoms with Gasteiger partial charge in [-0.2, -0.15) is 0 Å². The minimum atomic E-state index is -1.18. The van der Waals surface area contributed by atoms with E-state index in [1.165, 1.54) is 12.0 Å². The van der Waals surface area contributed by atoms with E-state index in [0.717, 1.165) is 9.37 Å². The van der Waals surface area contributed by atoms with Crippen molar-refractivity contribution in [2.24, 2.45) is 0 Å². The van der Waals surface area contributed by atoms with Gasteiger partial charge in [0.15, 0.2) is 0 Å². The van der Waals surface area contributed by atoms with Gasteiger partial charge in [0.05, 0.1) is 49.4 Å². The Morgan fingerprint density at radius 1 is 0.778 bits per heavy atom. The Hall–Kier alpha value is -2.00. The molecule has 0 bridgehead atoms. The molecule has 2 aliphatic rings. The van der Waals surface area contributed by atoms with E-state index >= 15 is 0 Å². The molecule has 36 heavy (non-hydrogen) atoms. The number of hydrogen-bond donors (Lipinski definition) is 0. The van der Waals surface area contributed by atoms with Crippen LogP contribution in [0.15, 0.2) is 46.9 Å². The number of carbonyl (C=O) groups is 3. The van der Waals surface area contributed by atoms with Crippen LogP contribution in [-0.4, -0.2) is 35.8 Å². The van der Waals surface area contributed by atoms with E-state index in [-0.39, 0.29) is 31.2 Å². The largest absolute Gasteiger partial charge is 0.495 e. The molecule has 0 saturated carbocycles. The summed E-state index contributed by atoms with van der Waals surface area (Å²) in [6, 6.07) is 10.2. The van der Waals surface area contributed by atoms with Crippen LogP contribution in [0.1, 0.15) is 32.3 Å². The summed E-state index contributed by atoms with van der Waals surface area (Å²) in [6.07, 6.45) is 0. The van der Waals surface area contributed by atoms with Gasteiger partial charge in [-0.05, 0) is 35.9 Å². The highest BCUT2D eigenvalue weighted by atomic mass is 79.9. The lowest BCUT2D eigenvalue weighted by molar-refractivity contribution is -0.130. The molecule has 2 atom stereocenters. The second kappa shape index (κ2) is 9.39. The zero-order chi connectivity index (χ0) is 26.0. The van der Waals surface area contributed by atoms with Crippen molar-refractivity contribution in [3.8, 4) is 5.75 Å². The lowest BCUT2D eigenvalue weighted by Crippen LogP contribution is -2.67. The normalized spacial score (nSPS) is 19.0. The Morgan fingerprint density at radius 2 is 1.39 bits per heavy atom. The van der Waals surface area contributed by atoms with Crippen LogP contribution in [0, 0.1) is 0 Å². The number of nitrogens with zero attached hydrogens (tertiary/aromatic N) is 2. The Balaban J connectivity index is 1.63. The molecule has 2 heterocycles. The van der Waals surface area contributed by atoms with Gasteiger partial charge in [-0.3, -0.25) is 19.3 Å². The highest BCUT2D eigenvalue weighted by Crippen LogP contribution is 2.49. The summed E-state index contributed by atoms with van der Waals surface area (Å²) in [6.45, 7) is 0. The standard InChI is InChI=1S/C24H12BrCl5N2O4/c1-36-13-6-5-11(8-12(13)26)31-20(9-3-2-4-10(25)7-9)21(24(31)35)32-22(33)14-15(23(32)34)17(28)19(30)18(29)16(14)27/h2-8,20-21H,1H3/t20-,21-/m0/s1. The van der Waals surface area contributed by atoms with Gasteiger partial charge in [-0.1, -0.05) is 86.1 Å². The van der Waals surface area contributed by atoms with E-state index in [2.05, 4.69) is 15.9 Å². The monoisotopic (exact) mass is 646 g/mol. The average molecular weight is 650 g/mol. The molecular weight excluding hydrogens is 637 g/mol. The molecule has 3 aromatic carbocycles. The van der Waals surface area contributed by atoms with Crippen LogP contribution in [-0.2, 0) is 4.79 Å². The van der Waals surface area contributed by atoms with Gasteiger partial charge in [-0.25, -0.2) is 0 Å². The summed E-state index contributed by atoms with van der Waals surface area (Å²) < 4.78 is 5.96. The van der Waals surface area contributed by atoms with Crippen LogP contribution < -0.4 is 9.64 Å². The molecule has 6 nitrogen and oxygen atoms in total. The Bertz CT molecular complexity index is 1450. The molecule has 0 unspecified atom stereocenters. The number of amides is 3. The van der Waals surface area contributed by atoms with Gasteiger partial charge in [0.1, 0.15) is 11.8 Å². The van der Waals surface area contributed by atoms with Crippen molar-refractivity contribution in [3.63, 3.8) is 0 Å². The number of halogens is 6.